The Morgan fingerprint density at radius 2 is 2.12 bits per heavy atom. The van der Waals surface area contributed by atoms with Crippen LogP contribution in [0.15, 0.2) is 51.7 Å². The molecule has 0 saturated carbocycles. The first-order valence-electron chi connectivity index (χ1n) is 5.00. The number of hydrogen-bond acceptors (Lipinski definition) is 3. The molecule has 0 unspecified atom stereocenters. The Labute approximate surface area is 102 Å². The number of carbonyl (C=O) groups excluding carboxylic acids is 1. The van der Waals surface area contributed by atoms with Crippen molar-refractivity contribution >= 4 is 28.4 Å². The third-order valence-corrected chi connectivity index (χ3v) is 2.80. The normalized spacial score (nSPS) is 10.9. The number of para-hydroxylation sites is 1. The number of benzene rings is 1. The maximum absolute atomic E-state index is 12.0. The molecule has 17 heavy (non-hydrogen) atoms. The van der Waals surface area contributed by atoms with Gasteiger partial charge in [0.15, 0.2) is 11.3 Å². The maximum Gasteiger partial charge on any atom is 0.231 e. The Balaban J connectivity index is 2.13. The molecular weight excluding hydrogens is 240 g/mol. The minimum atomic E-state index is -0.217. The summed E-state index contributed by atoms with van der Waals surface area (Å²) in [4.78, 5) is 12.0. The van der Waals surface area contributed by atoms with Gasteiger partial charge in [0.2, 0.25) is 5.78 Å². The molecule has 0 spiro atoms. The summed E-state index contributed by atoms with van der Waals surface area (Å²) in [6.07, 6.45) is 2.83. The van der Waals surface area contributed by atoms with Gasteiger partial charge in [-0.15, -0.1) is 0 Å². The van der Waals surface area contributed by atoms with Crippen molar-refractivity contribution in [3.63, 3.8) is 0 Å². The van der Waals surface area contributed by atoms with E-state index in [4.69, 9.17) is 20.4 Å². The Morgan fingerprint density at radius 3 is 2.82 bits per heavy atom. The number of hydrogen-bond donors (Lipinski definition) is 0. The summed E-state index contributed by atoms with van der Waals surface area (Å²) in [6.45, 7) is 0. The van der Waals surface area contributed by atoms with Gasteiger partial charge in [0.1, 0.15) is 6.26 Å². The summed E-state index contributed by atoms with van der Waals surface area (Å²) in [7, 11) is 0. The Morgan fingerprint density at radius 1 is 1.24 bits per heavy atom. The van der Waals surface area contributed by atoms with Crippen LogP contribution in [0.5, 0.6) is 0 Å². The van der Waals surface area contributed by atoms with Crippen molar-refractivity contribution in [2.45, 2.75) is 0 Å². The van der Waals surface area contributed by atoms with Crippen molar-refractivity contribution in [3.05, 3.63) is 59.2 Å². The monoisotopic (exact) mass is 246 g/mol. The van der Waals surface area contributed by atoms with Gasteiger partial charge in [-0.1, -0.05) is 23.7 Å². The fraction of sp³-hybridized carbons (Fsp3) is 0. The fourth-order valence-corrected chi connectivity index (χ4v) is 1.90. The van der Waals surface area contributed by atoms with Crippen molar-refractivity contribution < 1.29 is 13.6 Å². The van der Waals surface area contributed by atoms with Crippen molar-refractivity contribution in [3.8, 4) is 0 Å². The van der Waals surface area contributed by atoms with Crippen molar-refractivity contribution in [2.24, 2.45) is 0 Å². The van der Waals surface area contributed by atoms with Gasteiger partial charge in [-0.05, 0) is 18.2 Å². The molecular formula is C13H7ClO3. The molecule has 84 valence electrons. The summed E-state index contributed by atoms with van der Waals surface area (Å²) in [6, 6.07) is 8.65. The Bertz CT molecular complexity index is 680. The van der Waals surface area contributed by atoms with Gasteiger partial charge in [0.25, 0.3) is 0 Å². The predicted octanol–water partition coefficient (Wildman–Crippen LogP) is 3.91. The third kappa shape index (κ3) is 1.65. The number of carbonyl (C=O) groups is 1. The van der Waals surface area contributed by atoms with Gasteiger partial charge >= 0.3 is 0 Å². The lowest BCUT2D eigenvalue weighted by Gasteiger charge is -1.91. The van der Waals surface area contributed by atoms with E-state index in [9.17, 15) is 4.79 Å². The molecule has 3 aromatic rings. The van der Waals surface area contributed by atoms with Gasteiger partial charge in [-0.3, -0.25) is 4.79 Å². The molecule has 0 N–H and O–H groups in total. The minimum absolute atomic E-state index is 0.217. The molecule has 3 rings (SSSR count). The quantitative estimate of drug-likeness (QED) is 0.644. The second-order valence-electron chi connectivity index (χ2n) is 3.61. The minimum Gasteiger partial charge on any atom is -0.472 e. The molecule has 0 amide bonds. The highest BCUT2D eigenvalue weighted by Gasteiger charge is 2.16. The van der Waals surface area contributed by atoms with Crippen molar-refractivity contribution in [2.75, 3.05) is 0 Å². The zero-order valence-corrected chi connectivity index (χ0v) is 9.40. The van der Waals surface area contributed by atoms with E-state index in [1.54, 1.807) is 18.2 Å². The number of furan rings is 2. The SMILES string of the molecule is O=C(c1ccoc1)c1cc2cccc(Cl)c2o1. The van der Waals surface area contributed by atoms with Crippen molar-refractivity contribution in [1.29, 1.82) is 0 Å². The summed E-state index contributed by atoms with van der Waals surface area (Å²) < 4.78 is 10.3. The van der Waals surface area contributed by atoms with E-state index < -0.39 is 0 Å². The van der Waals surface area contributed by atoms with Crippen molar-refractivity contribution in [1.82, 2.24) is 0 Å². The number of halogens is 1. The van der Waals surface area contributed by atoms with Crippen LogP contribution >= 0.6 is 11.6 Å². The largest absolute Gasteiger partial charge is 0.472 e. The van der Waals surface area contributed by atoms with Gasteiger partial charge in [-0.2, -0.15) is 0 Å². The highest BCUT2D eigenvalue weighted by Crippen LogP contribution is 2.27. The lowest BCUT2D eigenvalue weighted by atomic mass is 10.1. The van der Waals surface area contributed by atoms with Gasteiger partial charge in [-0.25, -0.2) is 0 Å². The second-order valence-corrected chi connectivity index (χ2v) is 4.02. The van der Waals surface area contributed by atoms with Crippen LogP contribution < -0.4 is 0 Å². The smallest absolute Gasteiger partial charge is 0.231 e. The predicted molar refractivity (Wildman–Crippen MR) is 63.4 cm³/mol. The van der Waals surface area contributed by atoms with E-state index >= 15 is 0 Å². The van der Waals surface area contributed by atoms with E-state index in [-0.39, 0.29) is 11.5 Å². The van der Waals surface area contributed by atoms with E-state index in [1.807, 2.05) is 12.1 Å². The summed E-state index contributed by atoms with van der Waals surface area (Å²) in [5.41, 5.74) is 0.987. The van der Waals surface area contributed by atoms with Crippen LogP contribution in [0.1, 0.15) is 16.1 Å². The van der Waals surface area contributed by atoms with E-state index in [0.29, 0.717) is 16.2 Å². The summed E-state index contributed by atoms with van der Waals surface area (Å²) in [5, 5.41) is 1.30. The van der Waals surface area contributed by atoms with Gasteiger partial charge in [0, 0.05) is 5.39 Å². The molecule has 3 nitrogen and oxygen atoms in total. The van der Waals surface area contributed by atoms with Crippen LogP contribution in [0.25, 0.3) is 11.0 Å². The van der Waals surface area contributed by atoms with Gasteiger partial charge in [0.05, 0.1) is 16.8 Å². The summed E-state index contributed by atoms with van der Waals surface area (Å²) >= 11 is 5.98. The molecule has 0 fully saturated rings. The second kappa shape index (κ2) is 3.79. The molecule has 0 saturated heterocycles. The first kappa shape index (κ1) is 10.2. The molecule has 0 atom stereocenters. The first-order chi connectivity index (χ1) is 8.25. The lowest BCUT2D eigenvalue weighted by molar-refractivity contribution is 0.101. The molecule has 0 radical (unpaired) electrons. The molecule has 0 aliphatic heterocycles. The topological polar surface area (TPSA) is 43.4 Å². The fourth-order valence-electron chi connectivity index (χ4n) is 1.68. The van der Waals surface area contributed by atoms with E-state index in [1.165, 1.54) is 12.5 Å². The Kier molecular flexibility index (Phi) is 2.27. The third-order valence-electron chi connectivity index (χ3n) is 2.50. The van der Waals surface area contributed by atoms with E-state index in [0.717, 1.165) is 5.39 Å². The number of rotatable bonds is 2. The Hall–Kier alpha value is -2.00. The highest BCUT2D eigenvalue weighted by atomic mass is 35.5. The van der Waals surface area contributed by atoms with Crippen LogP contribution in [0.2, 0.25) is 5.02 Å². The van der Waals surface area contributed by atoms with Crippen LogP contribution in [-0.4, -0.2) is 5.78 Å². The molecule has 4 heteroatoms. The van der Waals surface area contributed by atoms with Gasteiger partial charge < -0.3 is 8.83 Å². The van der Waals surface area contributed by atoms with Crippen LogP contribution in [0.4, 0.5) is 0 Å². The highest BCUT2D eigenvalue weighted by molar-refractivity contribution is 6.35. The van der Waals surface area contributed by atoms with Crippen LogP contribution in [0, 0.1) is 0 Å². The zero-order chi connectivity index (χ0) is 11.8. The van der Waals surface area contributed by atoms with E-state index in [2.05, 4.69) is 0 Å². The molecule has 2 heterocycles. The lowest BCUT2D eigenvalue weighted by Crippen LogP contribution is -1.96. The molecule has 0 aliphatic carbocycles. The zero-order valence-electron chi connectivity index (χ0n) is 8.64. The number of fused-ring (bicyclic) bond motifs is 1. The molecule has 0 aliphatic rings. The average molecular weight is 247 g/mol. The van der Waals surface area contributed by atoms with Crippen LogP contribution in [-0.2, 0) is 0 Å². The summed E-state index contributed by atoms with van der Waals surface area (Å²) in [5.74, 6) is 0.0421. The molecule has 1 aromatic carbocycles. The average Bonchev–Trinajstić information content (AvgIpc) is 2.98. The number of ketones is 1. The molecule has 2 aromatic heterocycles. The standard InChI is InChI=1S/C13H7ClO3/c14-10-3-1-2-8-6-11(17-13(8)10)12(15)9-4-5-16-7-9/h1-7H. The van der Waals surface area contributed by atoms with Crippen LogP contribution in [0.3, 0.4) is 0 Å². The molecule has 0 bridgehead atoms. The first-order valence-corrected chi connectivity index (χ1v) is 5.38. The maximum atomic E-state index is 12.0.